The third-order valence-corrected chi connectivity index (χ3v) is 3.91. The number of halogens is 1. The summed E-state index contributed by atoms with van der Waals surface area (Å²) >= 11 is 6.08. The van der Waals surface area contributed by atoms with E-state index in [1.54, 1.807) is 17.0 Å². The summed E-state index contributed by atoms with van der Waals surface area (Å²) in [5.41, 5.74) is 9.18. The molecule has 4 nitrogen and oxygen atoms in total. The standard InChI is InChI=1S/C16H16ClN3O/c17-13-5-1-2-6-14(13)19-16(21)20-9-3-4-11-10-12(18)7-8-15(11)20/h1-2,5-8,10H,3-4,9,18H2,(H,19,21). The normalized spacial score (nSPS) is 13.7. The number of carbonyl (C=O) groups is 1. The molecule has 0 aliphatic carbocycles. The fraction of sp³-hybridized carbons (Fsp3) is 0.188. The minimum absolute atomic E-state index is 0.172. The Hall–Kier alpha value is -2.20. The summed E-state index contributed by atoms with van der Waals surface area (Å²) in [5, 5.41) is 3.39. The minimum atomic E-state index is -0.172. The van der Waals surface area contributed by atoms with Crippen molar-refractivity contribution < 1.29 is 4.79 Å². The van der Waals surface area contributed by atoms with Gasteiger partial charge in [0.15, 0.2) is 0 Å². The Labute approximate surface area is 128 Å². The summed E-state index contributed by atoms with van der Waals surface area (Å²) in [6.07, 6.45) is 1.86. The summed E-state index contributed by atoms with van der Waals surface area (Å²) in [7, 11) is 0. The number of urea groups is 1. The van der Waals surface area contributed by atoms with Gasteiger partial charge < -0.3 is 11.1 Å². The predicted octanol–water partition coefficient (Wildman–Crippen LogP) is 3.91. The number of carbonyl (C=O) groups excluding carboxylic acids is 1. The van der Waals surface area contributed by atoms with Crippen molar-refractivity contribution in [1.82, 2.24) is 0 Å². The van der Waals surface area contributed by atoms with E-state index in [1.807, 2.05) is 30.3 Å². The monoisotopic (exact) mass is 301 g/mol. The minimum Gasteiger partial charge on any atom is -0.399 e. The molecule has 0 aromatic heterocycles. The summed E-state index contributed by atoms with van der Waals surface area (Å²) in [4.78, 5) is 14.2. The lowest BCUT2D eigenvalue weighted by Crippen LogP contribution is -2.38. The number of nitrogens with one attached hydrogen (secondary N) is 1. The number of rotatable bonds is 1. The van der Waals surface area contributed by atoms with Crippen LogP contribution in [0.5, 0.6) is 0 Å². The number of aryl methyl sites for hydroxylation is 1. The SMILES string of the molecule is Nc1ccc2c(c1)CCCN2C(=O)Nc1ccccc1Cl. The largest absolute Gasteiger partial charge is 0.399 e. The van der Waals surface area contributed by atoms with E-state index in [9.17, 15) is 4.79 Å². The first-order chi connectivity index (χ1) is 10.1. The van der Waals surface area contributed by atoms with Crippen molar-refractivity contribution in [2.24, 2.45) is 0 Å². The molecule has 1 aliphatic rings. The second-order valence-electron chi connectivity index (χ2n) is 5.05. The van der Waals surface area contributed by atoms with Gasteiger partial charge >= 0.3 is 6.03 Å². The number of nitrogens with two attached hydrogens (primary N) is 1. The molecule has 3 N–H and O–H groups in total. The van der Waals surface area contributed by atoms with Crippen LogP contribution < -0.4 is 16.0 Å². The Balaban J connectivity index is 1.85. The van der Waals surface area contributed by atoms with E-state index in [-0.39, 0.29) is 6.03 Å². The third kappa shape index (κ3) is 2.81. The number of anilines is 3. The van der Waals surface area contributed by atoms with Crippen molar-refractivity contribution in [1.29, 1.82) is 0 Å². The van der Waals surface area contributed by atoms with Gasteiger partial charge in [-0.05, 0) is 48.7 Å². The second kappa shape index (κ2) is 5.66. The van der Waals surface area contributed by atoms with Crippen LogP contribution >= 0.6 is 11.6 Å². The number of fused-ring (bicyclic) bond motifs is 1. The maximum atomic E-state index is 12.5. The van der Waals surface area contributed by atoms with Crippen molar-refractivity contribution in [2.45, 2.75) is 12.8 Å². The molecule has 0 fully saturated rings. The fourth-order valence-electron chi connectivity index (χ4n) is 2.57. The van der Waals surface area contributed by atoms with Crippen LogP contribution in [0.15, 0.2) is 42.5 Å². The highest BCUT2D eigenvalue weighted by atomic mass is 35.5. The van der Waals surface area contributed by atoms with Gasteiger partial charge in [-0.1, -0.05) is 23.7 Å². The number of hydrogen-bond donors (Lipinski definition) is 2. The Bertz CT molecular complexity index is 687. The number of amides is 2. The number of benzene rings is 2. The fourth-order valence-corrected chi connectivity index (χ4v) is 2.76. The van der Waals surface area contributed by atoms with Gasteiger partial charge in [0.2, 0.25) is 0 Å². The molecule has 0 unspecified atom stereocenters. The van der Waals surface area contributed by atoms with Crippen molar-refractivity contribution in [3.63, 3.8) is 0 Å². The van der Waals surface area contributed by atoms with Crippen molar-refractivity contribution in [3.05, 3.63) is 53.1 Å². The highest BCUT2D eigenvalue weighted by molar-refractivity contribution is 6.33. The molecule has 0 saturated heterocycles. The van der Waals surface area contributed by atoms with E-state index in [1.165, 1.54) is 0 Å². The maximum absolute atomic E-state index is 12.5. The van der Waals surface area contributed by atoms with E-state index < -0.39 is 0 Å². The molecule has 1 aliphatic heterocycles. The van der Waals surface area contributed by atoms with E-state index in [0.29, 0.717) is 17.3 Å². The van der Waals surface area contributed by atoms with Crippen LogP contribution in [0.3, 0.4) is 0 Å². The van der Waals surface area contributed by atoms with Crippen molar-refractivity contribution in [2.75, 3.05) is 22.5 Å². The van der Waals surface area contributed by atoms with Gasteiger partial charge in [-0.25, -0.2) is 4.79 Å². The Morgan fingerprint density at radius 3 is 2.86 bits per heavy atom. The molecule has 1 heterocycles. The molecule has 0 atom stereocenters. The lowest BCUT2D eigenvalue weighted by Gasteiger charge is -2.29. The van der Waals surface area contributed by atoms with Crippen LogP contribution in [-0.4, -0.2) is 12.6 Å². The molecule has 21 heavy (non-hydrogen) atoms. The molecule has 2 amide bonds. The molecule has 2 aromatic rings. The quantitative estimate of drug-likeness (QED) is 0.785. The van der Waals surface area contributed by atoms with Gasteiger partial charge in [-0.15, -0.1) is 0 Å². The Morgan fingerprint density at radius 1 is 1.24 bits per heavy atom. The maximum Gasteiger partial charge on any atom is 0.326 e. The molecule has 5 heteroatoms. The third-order valence-electron chi connectivity index (χ3n) is 3.58. The molecular weight excluding hydrogens is 286 g/mol. The molecule has 0 spiro atoms. The zero-order valence-corrected chi connectivity index (χ0v) is 12.2. The molecule has 0 bridgehead atoms. The van der Waals surface area contributed by atoms with Crippen LogP contribution in [0.25, 0.3) is 0 Å². The first kappa shape index (κ1) is 13.8. The van der Waals surface area contributed by atoms with Crippen LogP contribution in [0.1, 0.15) is 12.0 Å². The topological polar surface area (TPSA) is 58.4 Å². The van der Waals surface area contributed by atoms with Gasteiger partial charge in [0, 0.05) is 17.9 Å². The number of nitrogen functional groups attached to an aromatic ring is 1. The average molecular weight is 302 g/mol. The summed E-state index contributed by atoms with van der Waals surface area (Å²) in [6, 6.07) is 12.7. The molecular formula is C16H16ClN3O. The van der Waals surface area contributed by atoms with E-state index >= 15 is 0 Å². The smallest absolute Gasteiger partial charge is 0.326 e. The predicted molar refractivity (Wildman–Crippen MR) is 87.0 cm³/mol. The summed E-state index contributed by atoms with van der Waals surface area (Å²) < 4.78 is 0. The highest BCUT2D eigenvalue weighted by Crippen LogP contribution is 2.30. The molecule has 108 valence electrons. The Morgan fingerprint density at radius 2 is 2.05 bits per heavy atom. The number of nitrogens with zero attached hydrogens (tertiary/aromatic N) is 1. The van der Waals surface area contributed by atoms with Crippen molar-refractivity contribution in [3.8, 4) is 0 Å². The van der Waals surface area contributed by atoms with E-state index in [0.717, 1.165) is 29.8 Å². The number of para-hydroxylation sites is 1. The lowest BCUT2D eigenvalue weighted by molar-refractivity contribution is 0.256. The van der Waals surface area contributed by atoms with Crippen molar-refractivity contribution >= 4 is 34.7 Å². The van der Waals surface area contributed by atoms with E-state index in [4.69, 9.17) is 17.3 Å². The number of hydrogen-bond acceptors (Lipinski definition) is 2. The van der Waals surface area contributed by atoms with Crippen LogP contribution in [-0.2, 0) is 6.42 Å². The zero-order valence-electron chi connectivity index (χ0n) is 11.5. The van der Waals surface area contributed by atoms with Crippen LogP contribution in [0.4, 0.5) is 21.9 Å². The average Bonchev–Trinajstić information content (AvgIpc) is 2.48. The van der Waals surface area contributed by atoms with Gasteiger partial charge in [0.05, 0.1) is 10.7 Å². The van der Waals surface area contributed by atoms with E-state index in [2.05, 4.69) is 5.32 Å². The first-order valence-corrected chi connectivity index (χ1v) is 7.24. The van der Waals surface area contributed by atoms with Gasteiger partial charge in [0.25, 0.3) is 0 Å². The highest BCUT2D eigenvalue weighted by Gasteiger charge is 2.23. The first-order valence-electron chi connectivity index (χ1n) is 6.86. The molecule has 0 saturated carbocycles. The molecule has 0 radical (unpaired) electrons. The second-order valence-corrected chi connectivity index (χ2v) is 5.46. The Kier molecular flexibility index (Phi) is 3.71. The molecule has 3 rings (SSSR count). The van der Waals surface area contributed by atoms with Gasteiger partial charge in [0.1, 0.15) is 0 Å². The lowest BCUT2D eigenvalue weighted by atomic mass is 10.0. The van der Waals surface area contributed by atoms with Gasteiger partial charge in [-0.3, -0.25) is 4.90 Å². The zero-order chi connectivity index (χ0) is 14.8. The van der Waals surface area contributed by atoms with Crippen LogP contribution in [0.2, 0.25) is 5.02 Å². The van der Waals surface area contributed by atoms with Crippen LogP contribution in [0, 0.1) is 0 Å². The summed E-state index contributed by atoms with van der Waals surface area (Å²) in [6.45, 7) is 0.688. The summed E-state index contributed by atoms with van der Waals surface area (Å²) in [5.74, 6) is 0. The molecule has 2 aromatic carbocycles. The van der Waals surface area contributed by atoms with Gasteiger partial charge in [-0.2, -0.15) is 0 Å².